The normalized spacial score (nSPS) is 12.4. The number of halogens is 1. The lowest BCUT2D eigenvalue weighted by atomic mass is 10.2. The molecule has 0 fully saturated rings. The number of anilines is 2. The third-order valence-electron chi connectivity index (χ3n) is 2.43. The zero-order chi connectivity index (χ0) is 12.3. The topological polar surface area (TPSA) is 58.3 Å². The number of nitrogens with one attached hydrogen (secondary N) is 1. The lowest BCUT2D eigenvalue weighted by molar-refractivity contribution is 0.192. The number of aliphatic hydroxyl groups is 1. The molecule has 1 heterocycles. The number of benzene rings is 1. The Bertz CT molecular complexity index is 487. The van der Waals surface area contributed by atoms with E-state index in [-0.39, 0.29) is 5.82 Å². The van der Waals surface area contributed by atoms with Gasteiger partial charge in [-0.25, -0.2) is 4.39 Å². The Morgan fingerprint density at radius 2 is 2.24 bits per heavy atom. The molecule has 1 unspecified atom stereocenters. The van der Waals surface area contributed by atoms with Crippen molar-refractivity contribution in [3.05, 3.63) is 46.4 Å². The fourth-order valence-electron chi connectivity index (χ4n) is 1.47. The second-order valence-corrected chi connectivity index (χ2v) is 4.46. The van der Waals surface area contributed by atoms with E-state index >= 15 is 0 Å². The molecule has 1 aromatic carbocycles. The van der Waals surface area contributed by atoms with E-state index in [1.165, 1.54) is 29.5 Å². The molecule has 0 radical (unpaired) electrons. The predicted molar refractivity (Wildman–Crippen MR) is 68.6 cm³/mol. The van der Waals surface area contributed by atoms with E-state index in [0.717, 1.165) is 5.56 Å². The molecule has 0 aliphatic heterocycles. The Morgan fingerprint density at radius 3 is 2.94 bits per heavy atom. The second kappa shape index (κ2) is 5.16. The highest BCUT2D eigenvalue weighted by molar-refractivity contribution is 7.07. The Kier molecular flexibility index (Phi) is 3.61. The summed E-state index contributed by atoms with van der Waals surface area (Å²) in [4.78, 5) is 0. The van der Waals surface area contributed by atoms with E-state index in [1.54, 1.807) is 0 Å². The summed E-state index contributed by atoms with van der Waals surface area (Å²) in [5.41, 5.74) is 7.49. The molecule has 5 heteroatoms. The van der Waals surface area contributed by atoms with Gasteiger partial charge in [0.2, 0.25) is 0 Å². The number of nitrogen functional groups attached to an aromatic ring is 1. The average Bonchev–Trinajstić information content (AvgIpc) is 2.83. The summed E-state index contributed by atoms with van der Waals surface area (Å²) < 4.78 is 13.0. The number of hydrogen-bond acceptors (Lipinski definition) is 4. The first-order valence-electron chi connectivity index (χ1n) is 5.16. The minimum Gasteiger partial charge on any atom is -0.397 e. The summed E-state index contributed by atoms with van der Waals surface area (Å²) in [5.74, 6) is -0.355. The van der Waals surface area contributed by atoms with Crippen LogP contribution in [0, 0.1) is 5.82 Å². The Labute approximate surface area is 103 Å². The van der Waals surface area contributed by atoms with Crippen molar-refractivity contribution in [1.82, 2.24) is 0 Å². The van der Waals surface area contributed by atoms with Crippen LogP contribution in [0.15, 0.2) is 35.0 Å². The molecule has 1 atom stereocenters. The zero-order valence-corrected chi connectivity index (χ0v) is 9.88. The molecule has 17 heavy (non-hydrogen) atoms. The number of thiophene rings is 1. The van der Waals surface area contributed by atoms with Crippen LogP contribution in [0.5, 0.6) is 0 Å². The maximum absolute atomic E-state index is 13.0. The van der Waals surface area contributed by atoms with E-state index < -0.39 is 6.10 Å². The number of nitrogens with two attached hydrogens (primary N) is 1. The summed E-state index contributed by atoms with van der Waals surface area (Å²) in [5, 5.41) is 16.5. The monoisotopic (exact) mass is 252 g/mol. The molecule has 1 aromatic heterocycles. The highest BCUT2D eigenvalue weighted by Gasteiger charge is 2.08. The molecule has 0 saturated carbocycles. The van der Waals surface area contributed by atoms with Gasteiger partial charge in [0.15, 0.2) is 0 Å². The lowest BCUT2D eigenvalue weighted by Crippen LogP contribution is -2.12. The van der Waals surface area contributed by atoms with E-state index in [2.05, 4.69) is 5.32 Å². The van der Waals surface area contributed by atoms with Crippen LogP contribution in [0.25, 0.3) is 0 Å². The number of rotatable bonds is 4. The van der Waals surface area contributed by atoms with Crippen LogP contribution in [-0.2, 0) is 0 Å². The van der Waals surface area contributed by atoms with Gasteiger partial charge in [-0.1, -0.05) is 0 Å². The fourth-order valence-corrected chi connectivity index (χ4v) is 2.18. The van der Waals surface area contributed by atoms with Crippen molar-refractivity contribution in [2.45, 2.75) is 6.10 Å². The van der Waals surface area contributed by atoms with Gasteiger partial charge in [0.1, 0.15) is 5.82 Å². The van der Waals surface area contributed by atoms with E-state index in [4.69, 9.17) is 5.73 Å². The molecule has 0 aliphatic carbocycles. The van der Waals surface area contributed by atoms with E-state index in [1.807, 2.05) is 16.8 Å². The molecule has 90 valence electrons. The second-order valence-electron chi connectivity index (χ2n) is 3.68. The van der Waals surface area contributed by atoms with Gasteiger partial charge in [0.25, 0.3) is 0 Å². The van der Waals surface area contributed by atoms with Gasteiger partial charge < -0.3 is 16.2 Å². The van der Waals surface area contributed by atoms with Gasteiger partial charge in [0, 0.05) is 6.54 Å². The molecule has 0 saturated heterocycles. The third kappa shape index (κ3) is 2.95. The molecular formula is C12H13FN2OS. The van der Waals surface area contributed by atoms with Gasteiger partial charge >= 0.3 is 0 Å². The van der Waals surface area contributed by atoms with Gasteiger partial charge in [-0.15, -0.1) is 0 Å². The molecule has 2 aromatic rings. The zero-order valence-electron chi connectivity index (χ0n) is 9.06. The Balaban J connectivity index is 2.00. The molecule has 0 amide bonds. The van der Waals surface area contributed by atoms with E-state index in [9.17, 15) is 9.50 Å². The van der Waals surface area contributed by atoms with Crippen LogP contribution in [0.4, 0.5) is 15.8 Å². The molecule has 0 bridgehead atoms. The van der Waals surface area contributed by atoms with Crippen LogP contribution in [0.3, 0.4) is 0 Å². The van der Waals surface area contributed by atoms with Crippen LogP contribution >= 0.6 is 11.3 Å². The molecule has 4 N–H and O–H groups in total. The number of aliphatic hydroxyl groups excluding tert-OH is 1. The van der Waals surface area contributed by atoms with Gasteiger partial charge in [-0.3, -0.25) is 0 Å². The molecule has 0 spiro atoms. The van der Waals surface area contributed by atoms with Crippen molar-refractivity contribution < 1.29 is 9.50 Å². The largest absolute Gasteiger partial charge is 0.397 e. The first kappa shape index (κ1) is 11.9. The van der Waals surface area contributed by atoms with Gasteiger partial charge in [0.05, 0.1) is 17.5 Å². The van der Waals surface area contributed by atoms with Crippen molar-refractivity contribution in [3.63, 3.8) is 0 Å². The Morgan fingerprint density at radius 1 is 1.41 bits per heavy atom. The maximum atomic E-state index is 13.0. The third-order valence-corrected chi connectivity index (χ3v) is 3.13. The summed E-state index contributed by atoms with van der Waals surface area (Å²) >= 11 is 1.52. The molecule has 2 rings (SSSR count). The van der Waals surface area contributed by atoms with Crippen LogP contribution < -0.4 is 11.1 Å². The fraction of sp³-hybridized carbons (Fsp3) is 0.167. The average molecular weight is 252 g/mol. The quantitative estimate of drug-likeness (QED) is 0.733. The summed E-state index contributed by atoms with van der Waals surface area (Å²) in [6, 6.07) is 5.96. The van der Waals surface area contributed by atoms with Crippen molar-refractivity contribution in [3.8, 4) is 0 Å². The summed E-state index contributed by atoms with van der Waals surface area (Å²) in [6.45, 7) is 0.296. The SMILES string of the molecule is Nc1ccc(F)cc1NCC(O)c1ccsc1. The first-order valence-corrected chi connectivity index (χ1v) is 6.10. The van der Waals surface area contributed by atoms with Crippen LogP contribution in [-0.4, -0.2) is 11.7 Å². The molecule has 3 nitrogen and oxygen atoms in total. The molecular weight excluding hydrogens is 239 g/mol. The van der Waals surface area contributed by atoms with Gasteiger partial charge in [-0.2, -0.15) is 11.3 Å². The van der Waals surface area contributed by atoms with Crippen molar-refractivity contribution in [2.75, 3.05) is 17.6 Å². The minimum absolute atomic E-state index is 0.296. The van der Waals surface area contributed by atoms with Gasteiger partial charge in [-0.05, 0) is 40.6 Å². The van der Waals surface area contributed by atoms with Crippen molar-refractivity contribution >= 4 is 22.7 Å². The van der Waals surface area contributed by atoms with Crippen molar-refractivity contribution in [2.24, 2.45) is 0 Å². The minimum atomic E-state index is -0.621. The molecule has 0 aliphatic rings. The summed E-state index contributed by atoms with van der Waals surface area (Å²) in [7, 11) is 0. The van der Waals surface area contributed by atoms with Crippen LogP contribution in [0.2, 0.25) is 0 Å². The predicted octanol–water partition coefficient (Wildman–Crippen LogP) is 2.61. The first-order chi connectivity index (χ1) is 8.16. The standard InChI is InChI=1S/C12H13FN2OS/c13-9-1-2-10(14)11(5-9)15-6-12(16)8-3-4-17-7-8/h1-5,7,12,15-16H,6,14H2. The lowest BCUT2D eigenvalue weighted by Gasteiger charge is -2.13. The number of hydrogen-bond donors (Lipinski definition) is 3. The Hall–Kier alpha value is -1.59. The van der Waals surface area contributed by atoms with E-state index in [0.29, 0.717) is 17.9 Å². The highest BCUT2D eigenvalue weighted by atomic mass is 32.1. The highest BCUT2D eigenvalue weighted by Crippen LogP contribution is 2.21. The summed E-state index contributed by atoms with van der Waals surface area (Å²) in [6.07, 6.45) is -0.621. The smallest absolute Gasteiger partial charge is 0.125 e. The van der Waals surface area contributed by atoms with Crippen LogP contribution in [0.1, 0.15) is 11.7 Å². The maximum Gasteiger partial charge on any atom is 0.125 e. The van der Waals surface area contributed by atoms with Crippen molar-refractivity contribution in [1.29, 1.82) is 0 Å².